The standard InChI is InChI=1S/C12H18N2O3/c1-8-5-10(9(6-13-8)11(15)16)14-12(2,3)7-17-4/h5-6H,7H2,1-4H3,(H,13,14)(H,15,16). The fourth-order valence-corrected chi connectivity index (χ4v) is 1.60. The normalized spacial score (nSPS) is 11.3. The molecule has 0 aliphatic heterocycles. The number of ether oxygens (including phenoxy) is 1. The van der Waals surface area contributed by atoms with Gasteiger partial charge < -0.3 is 15.2 Å². The van der Waals surface area contributed by atoms with E-state index >= 15 is 0 Å². The molecule has 17 heavy (non-hydrogen) atoms. The molecule has 5 nitrogen and oxygen atoms in total. The van der Waals surface area contributed by atoms with E-state index in [1.54, 1.807) is 13.2 Å². The monoisotopic (exact) mass is 238 g/mol. The molecule has 1 aromatic heterocycles. The molecule has 2 N–H and O–H groups in total. The van der Waals surface area contributed by atoms with E-state index in [0.717, 1.165) is 5.69 Å². The van der Waals surface area contributed by atoms with Crippen molar-refractivity contribution < 1.29 is 14.6 Å². The Morgan fingerprint density at radius 2 is 2.24 bits per heavy atom. The fourth-order valence-electron chi connectivity index (χ4n) is 1.60. The smallest absolute Gasteiger partial charge is 0.339 e. The molecule has 5 heteroatoms. The van der Waals surface area contributed by atoms with E-state index in [1.165, 1.54) is 6.20 Å². The first-order chi connectivity index (χ1) is 7.85. The number of carbonyl (C=O) groups is 1. The number of nitrogens with one attached hydrogen (secondary N) is 1. The lowest BCUT2D eigenvalue weighted by Gasteiger charge is -2.27. The van der Waals surface area contributed by atoms with Crippen LogP contribution in [0.3, 0.4) is 0 Å². The van der Waals surface area contributed by atoms with Gasteiger partial charge in [-0.2, -0.15) is 0 Å². The van der Waals surface area contributed by atoms with Gasteiger partial charge in [-0.1, -0.05) is 0 Å². The van der Waals surface area contributed by atoms with Crippen LogP contribution in [0.2, 0.25) is 0 Å². The van der Waals surface area contributed by atoms with Crippen LogP contribution < -0.4 is 5.32 Å². The number of nitrogens with zero attached hydrogens (tertiary/aromatic N) is 1. The van der Waals surface area contributed by atoms with E-state index in [-0.39, 0.29) is 11.1 Å². The Morgan fingerprint density at radius 3 is 2.76 bits per heavy atom. The minimum absolute atomic E-state index is 0.166. The number of carboxylic acids is 1. The summed E-state index contributed by atoms with van der Waals surface area (Å²) < 4.78 is 5.08. The molecule has 0 amide bonds. The van der Waals surface area contributed by atoms with Crippen molar-refractivity contribution in [1.29, 1.82) is 0 Å². The molecule has 0 aromatic carbocycles. The van der Waals surface area contributed by atoms with Crippen LogP contribution in [0.5, 0.6) is 0 Å². The maximum absolute atomic E-state index is 11.1. The van der Waals surface area contributed by atoms with Crippen LogP contribution in [0.15, 0.2) is 12.3 Å². The molecular formula is C12H18N2O3. The van der Waals surface area contributed by atoms with Crippen LogP contribution in [0.4, 0.5) is 5.69 Å². The number of carboxylic acid groups (broad SMARTS) is 1. The molecule has 0 saturated heterocycles. The number of methoxy groups -OCH3 is 1. The minimum Gasteiger partial charge on any atom is -0.478 e. The summed E-state index contributed by atoms with van der Waals surface area (Å²) in [5, 5.41) is 12.2. The summed E-state index contributed by atoms with van der Waals surface area (Å²) in [4.78, 5) is 15.1. The molecule has 0 bridgehead atoms. The third-order valence-electron chi connectivity index (χ3n) is 2.25. The van der Waals surface area contributed by atoms with Crippen LogP contribution in [-0.4, -0.2) is 35.3 Å². The van der Waals surface area contributed by atoms with Gasteiger partial charge in [-0.15, -0.1) is 0 Å². The minimum atomic E-state index is -0.992. The summed E-state index contributed by atoms with van der Waals surface area (Å²) in [5.41, 5.74) is 1.16. The van der Waals surface area contributed by atoms with E-state index in [9.17, 15) is 4.79 Å². The number of aryl methyl sites for hydroxylation is 1. The summed E-state index contributed by atoms with van der Waals surface area (Å²) in [5.74, 6) is -0.992. The Balaban J connectivity index is 3.04. The number of aromatic carboxylic acids is 1. The molecule has 0 unspecified atom stereocenters. The SMILES string of the molecule is COCC(C)(C)Nc1cc(C)ncc1C(=O)O. The Hall–Kier alpha value is -1.62. The molecule has 0 aliphatic rings. The van der Waals surface area contributed by atoms with Gasteiger partial charge >= 0.3 is 5.97 Å². The number of hydrogen-bond donors (Lipinski definition) is 2. The van der Waals surface area contributed by atoms with Gasteiger partial charge in [0.05, 0.1) is 17.8 Å². The number of pyridine rings is 1. The lowest BCUT2D eigenvalue weighted by atomic mass is 10.1. The number of aromatic nitrogens is 1. The van der Waals surface area contributed by atoms with Crippen molar-refractivity contribution in [3.63, 3.8) is 0 Å². The van der Waals surface area contributed by atoms with Crippen LogP contribution in [0.25, 0.3) is 0 Å². The topological polar surface area (TPSA) is 71.5 Å². The highest BCUT2D eigenvalue weighted by atomic mass is 16.5. The van der Waals surface area contributed by atoms with Crippen LogP contribution in [0, 0.1) is 6.92 Å². The summed E-state index contributed by atoms with van der Waals surface area (Å²) >= 11 is 0. The van der Waals surface area contributed by atoms with E-state index in [0.29, 0.717) is 12.3 Å². The van der Waals surface area contributed by atoms with E-state index < -0.39 is 5.97 Å². The lowest BCUT2D eigenvalue weighted by Crippen LogP contribution is -2.36. The van der Waals surface area contributed by atoms with E-state index in [1.807, 2.05) is 20.8 Å². The Labute approximate surface area is 101 Å². The second-order valence-corrected chi connectivity index (χ2v) is 4.62. The zero-order chi connectivity index (χ0) is 13.1. The zero-order valence-electron chi connectivity index (χ0n) is 10.6. The highest BCUT2D eigenvalue weighted by Gasteiger charge is 2.20. The van der Waals surface area contributed by atoms with Crippen molar-refractivity contribution in [1.82, 2.24) is 4.98 Å². The number of hydrogen-bond acceptors (Lipinski definition) is 4. The largest absolute Gasteiger partial charge is 0.478 e. The molecular weight excluding hydrogens is 220 g/mol. The molecule has 1 aromatic rings. The fraction of sp³-hybridized carbons (Fsp3) is 0.500. The van der Waals surface area contributed by atoms with Gasteiger partial charge in [0.25, 0.3) is 0 Å². The first-order valence-corrected chi connectivity index (χ1v) is 5.33. The Morgan fingerprint density at radius 1 is 1.59 bits per heavy atom. The van der Waals surface area contributed by atoms with Gasteiger partial charge in [0.15, 0.2) is 0 Å². The van der Waals surface area contributed by atoms with Crippen LogP contribution in [-0.2, 0) is 4.74 Å². The summed E-state index contributed by atoms with van der Waals surface area (Å²) in [6, 6.07) is 1.72. The molecule has 94 valence electrons. The average Bonchev–Trinajstić information content (AvgIpc) is 2.15. The number of anilines is 1. The van der Waals surface area contributed by atoms with Crippen molar-refractivity contribution in [2.24, 2.45) is 0 Å². The summed E-state index contributed by atoms with van der Waals surface area (Å²) in [7, 11) is 1.61. The van der Waals surface area contributed by atoms with Crippen molar-refractivity contribution in [2.45, 2.75) is 26.3 Å². The molecule has 1 heterocycles. The highest BCUT2D eigenvalue weighted by molar-refractivity contribution is 5.94. The zero-order valence-corrected chi connectivity index (χ0v) is 10.6. The predicted molar refractivity (Wildman–Crippen MR) is 65.5 cm³/mol. The maximum atomic E-state index is 11.1. The Bertz CT molecular complexity index is 416. The molecule has 0 atom stereocenters. The lowest BCUT2D eigenvalue weighted by molar-refractivity contribution is 0.0697. The summed E-state index contributed by atoms with van der Waals surface area (Å²) in [6.07, 6.45) is 1.36. The highest BCUT2D eigenvalue weighted by Crippen LogP contribution is 2.20. The van der Waals surface area contributed by atoms with Gasteiger partial charge in [-0.05, 0) is 26.8 Å². The average molecular weight is 238 g/mol. The van der Waals surface area contributed by atoms with Crippen LogP contribution in [0.1, 0.15) is 29.9 Å². The van der Waals surface area contributed by atoms with Gasteiger partial charge in [0, 0.05) is 19.0 Å². The summed E-state index contributed by atoms with van der Waals surface area (Å²) in [6.45, 7) is 6.18. The number of rotatable bonds is 5. The van der Waals surface area contributed by atoms with E-state index in [4.69, 9.17) is 9.84 Å². The third-order valence-corrected chi connectivity index (χ3v) is 2.25. The van der Waals surface area contributed by atoms with Crippen molar-refractivity contribution >= 4 is 11.7 Å². The molecule has 0 saturated carbocycles. The van der Waals surface area contributed by atoms with Crippen molar-refractivity contribution in [3.05, 3.63) is 23.5 Å². The van der Waals surface area contributed by atoms with Crippen molar-refractivity contribution in [2.75, 3.05) is 19.0 Å². The third kappa shape index (κ3) is 3.71. The molecule has 0 spiro atoms. The predicted octanol–water partition coefficient (Wildman–Crippen LogP) is 1.93. The molecule has 0 aliphatic carbocycles. The first kappa shape index (κ1) is 13.4. The van der Waals surface area contributed by atoms with Crippen molar-refractivity contribution in [3.8, 4) is 0 Å². The second kappa shape index (κ2) is 5.14. The first-order valence-electron chi connectivity index (χ1n) is 5.33. The quantitative estimate of drug-likeness (QED) is 0.820. The van der Waals surface area contributed by atoms with Gasteiger partial charge in [0.2, 0.25) is 0 Å². The van der Waals surface area contributed by atoms with E-state index in [2.05, 4.69) is 10.3 Å². The Kier molecular flexibility index (Phi) is 4.07. The molecule has 0 fully saturated rings. The molecule has 0 radical (unpaired) electrons. The van der Waals surface area contributed by atoms with Gasteiger partial charge in [-0.3, -0.25) is 4.98 Å². The molecule has 1 rings (SSSR count). The van der Waals surface area contributed by atoms with Gasteiger partial charge in [0.1, 0.15) is 5.56 Å². The van der Waals surface area contributed by atoms with Gasteiger partial charge in [-0.25, -0.2) is 4.79 Å². The maximum Gasteiger partial charge on any atom is 0.339 e. The van der Waals surface area contributed by atoms with Crippen LogP contribution >= 0.6 is 0 Å². The second-order valence-electron chi connectivity index (χ2n) is 4.62.